The number of aromatic amines is 1. The van der Waals surface area contributed by atoms with Gasteiger partial charge in [-0.3, -0.25) is 10.1 Å². The number of hydrogen-bond donors (Lipinski definition) is 1. The lowest BCUT2D eigenvalue weighted by Crippen LogP contribution is -1.91. The number of imidazole rings is 1. The SMILES string of the molecule is COc1cc([N+](=O)[O-])c2nc[nH]c2c1. The van der Waals surface area contributed by atoms with Gasteiger partial charge >= 0.3 is 5.69 Å². The largest absolute Gasteiger partial charge is 0.496 e. The third-order valence-electron chi connectivity index (χ3n) is 1.91. The summed E-state index contributed by atoms with van der Waals surface area (Å²) >= 11 is 0. The van der Waals surface area contributed by atoms with Crippen LogP contribution in [-0.2, 0) is 0 Å². The number of hydrogen-bond acceptors (Lipinski definition) is 4. The molecule has 0 aliphatic rings. The number of fused-ring (bicyclic) bond motifs is 1. The van der Waals surface area contributed by atoms with Crippen LogP contribution >= 0.6 is 0 Å². The van der Waals surface area contributed by atoms with E-state index < -0.39 is 4.92 Å². The van der Waals surface area contributed by atoms with Crippen molar-refractivity contribution in [1.82, 2.24) is 9.97 Å². The van der Waals surface area contributed by atoms with Crippen molar-refractivity contribution in [3.8, 4) is 5.75 Å². The normalized spacial score (nSPS) is 10.4. The molecule has 0 amide bonds. The molecule has 14 heavy (non-hydrogen) atoms. The van der Waals surface area contributed by atoms with E-state index in [9.17, 15) is 10.1 Å². The van der Waals surface area contributed by atoms with Gasteiger partial charge in [-0.2, -0.15) is 0 Å². The molecule has 0 unspecified atom stereocenters. The molecule has 2 aromatic rings. The zero-order valence-electron chi connectivity index (χ0n) is 7.35. The van der Waals surface area contributed by atoms with Crippen LogP contribution in [0.3, 0.4) is 0 Å². The Morgan fingerprint density at radius 1 is 1.57 bits per heavy atom. The van der Waals surface area contributed by atoms with Crippen molar-refractivity contribution in [3.05, 3.63) is 28.6 Å². The summed E-state index contributed by atoms with van der Waals surface area (Å²) in [6.45, 7) is 0. The highest BCUT2D eigenvalue weighted by molar-refractivity contribution is 5.85. The molecular weight excluding hydrogens is 186 g/mol. The summed E-state index contributed by atoms with van der Waals surface area (Å²) in [5, 5.41) is 10.7. The number of nitrogens with one attached hydrogen (secondary N) is 1. The summed E-state index contributed by atoms with van der Waals surface area (Å²) < 4.78 is 4.93. The van der Waals surface area contributed by atoms with E-state index in [0.717, 1.165) is 0 Å². The van der Waals surface area contributed by atoms with E-state index in [4.69, 9.17) is 4.74 Å². The Morgan fingerprint density at radius 3 is 3.00 bits per heavy atom. The lowest BCUT2D eigenvalue weighted by atomic mass is 10.2. The van der Waals surface area contributed by atoms with E-state index >= 15 is 0 Å². The number of nitro groups is 1. The van der Waals surface area contributed by atoms with E-state index in [2.05, 4.69) is 9.97 Å². The standard InChI is InChI=1S/C8H7N3O3/c1-14-5-2-6-8(10-4-9-6)7(3-5)11(12)13/h2-4H,1H3,(H,9,10). The maximum absolute atomic E-state index is 10.7. The first-order valence-electron chi connectivity index (χ1n) is 3.88. The second-order valence-corrected chi connectivity index (χ2v) is 2.70. The van der Waals surface area contributed by atoms with E-state index in [-0.39, 0.29) is 5.69 Å². The van der Waals surface area contributed by atoms with Gasteiger partial charge in [0, 0.05) is 6.07 Å². The molecule has 6 heteroatoms. The summed E-state index contributed by atoms with van der Waals surface area (Å²) in [5.74, 6) is 0.438. The van der Waals surface area contributed by atoms with E-state index in [1.165, 1.54) is 19.5 Å². The molecule has 0 saturated carbocycles. The summed E-state index contributed by atoms with van der Waals surface area (Å²) in [5.41, 5.74) is 0.882. The van der Waals surface area contributed by atoms with E-state index in [0.29, 0.717) is 16.8 Å². The smallest absolute Gasteiger partial charge is 0.300 e. The monoisotopic (exact) mass is 193 g/mol. The molecule has 1 N–H and O–H groups in total. The van der Waals surface area contributed by atoms with Gasteiger partial charge in [-0.05, 0) is 0 Å². The Morgan fingerprint density at radius 2 is 2.36 bits per heavy atom. The number of benzene rings is 1. The van der Waals surface area contributed by atoms with Crippen LogP contribution in [0.4, 0.5) is 5.69 Å². The van der Waals surface area contributed by atoms with Gasteiger partial charge in [0.15, 0.2) is 5.52 Å². The first kappa shape index (κ1) is 8.49. The van der Waals surface area contributed by atoms with Crippen LogP contribution in [0.15, 0.2) is 18.5 Å². The van der Waals surface area contributed by atoms with E-state index in [1.54, 1.807) is 6.07 Å². The van der Waals surface area contributed by atoms with Gasteiger partial charge in [0.2, 0.25) is 0 Å². The van der Waals surface area contributed by atoms with Crippen molar-refractivity contribution >= 4 is 16.7 Å². The van der Waals surface area contributed by atoms with Crippen molar-refractivity contribution in [2.45, 2.75) is 0 Å². The van der Waals surface area contributed by atoms with E-state index in [1.807, 2.05) is 0 Å². The topological polar surface area (TPSA) is 81.1 Å². The van der Waals surface area contributed by atoms with Crippen LogP contribution in [0.25, 0.3) is 11.0 Å². The first-order chi connectivity index (χ1) is 6.72. The maximum atomic E-state index is 10.7. The van der Waals surface area contributed by atoms with Gasteiger partial charge in [-0.15, -0.1) is 0 Å². The lowest BCUT2D eigenvalue weighted by molar-refractivity contribution is -0.383. The predicted molar refractivity (Wildman–Crippen MR) is 49.3 cm³/mol. The molecule has 0 spiro atoms. The van der Waals surface area contributed by atoms with Crippen molar-refractivity contribution in [2.24, 2.45) is 0 Å². The Bertz CT molecular complexity index is 492. The molecule has 0 saturated heterocycles. The molecule has 1 heterocycles. The van der Waals surface area contributed by atoms with Gasteiger partial charge in [0.25, 0.3) is 0 Å². The molecule has 0 aliphatic carbocycles. The minimum atomic E-state index is -0.480. The number of nitro benzene ring substituents is 1. The molecule has 0 fully saturated rings. The lowest BCUT2D eigenvalue weighted by Gasteiger charge is -1.99. The number of non-ortho nitro benzene ring substituents is 1. The highest BCUT2D eigenvalue weighted by Crippen LogP contribution is 2.28. The van der Waals surface area contributed by atoms with Crippen LogP contribution in [0.5, 0.6) is 5.75 Å². The van der Waals surface area contributed by atoms with Crippen molar-refractivity contribution in [1.29, 1.82) is 0 Å². The maximum Gasteiger partial charge on any atom is 0.300 e. The molecule has 72 valence electrons. The second kappa shape index (κ2) is 2.99. The third kappa shape index (κ3) is 1.17. The highest BCUT2D eigenvalue weighted by atomic mass is 16.6. The van der Waals surface area contributed by atoms with Gasteiger partial charge in [-0.1, -0.05) is 0 Å². The average Bonchev–Trinajstić information content (AvgIpc) is 2.63. The fourth-order valence-corrected chi connectivity index (χ4v) is 1.26. The van der Waals surface area contributed by atoms with Crippen LogP contribution in [0, 0.1) is 10.1 Å². The third-order valence-corrected chi connectivity index (χ3v) is 1.91. The molecule has 1 aromatic carbocycles. The zero-order valence-corrected chi connectivity index (χ0v) is 7.35. The summed E-state index contributed by atoms with van der Waals surface area (Å²) in [7, 11) is 1.46. The fourth-order valence-electron chi connectivity index (χ4n) is 1.26. The second-order valence-electron chi connectivity index (χ2n) is 2.70. The quantitative estimate of drug-likeness (QED) is 0.578. The minimum Gasteiger partial charge on any atom is -0.496 e. The van der Waals surface area contributed by atoms with Crippen LogP contribution in [-0.4, -0.2) is 22.0 Å². The molecule has 0 aliphatic heterocycles. The number of aromatic nitrogens is 2. The Balaban J connectivity index is 2.76. The van der Waals surface area contributed by atoms with Gasteiger partial charge in [0.1, 0.15) is 5.75 Å². The minimum absolute atomic E-state index is 0.0550. The molecule has 0 bridgehead atoms. The molecule has 0 atom stereocenters. The van der Waals surface area contributed by atoms with Crippen LogP contribution < -0.4 is 4.74 Å². The number of nitrogens with zero attached hydrogens (tertiary/aromatic N) is 2. The van der Waals surface area contributed by atoms with Gasteiger partial charge in [-0.25, -0.2) is 4.98 Å². The number of rotatable bonds is 2. The first-order valence-corrected chi connectivity index (χ1v) is 3.88. The molecule has 1 aromatic heterocycles. The van der Waals surface area contributed by atoms with Gasteiger partial charge < -0.3 is 9.72 Å². The van der Waals surface area contributed by atoms with Crippen molar-refractivity contribution in [2.75, 3.05) is 7.11 Å². The molecule has 2 rings (SSSR count). The Hall–Kier alpha value is -2.11. The number of methoxy groups -OCH3 is 1. The zero-order chi connectivity index (χ0) is 10.1. The molecule has 6 nitrogen and oxygen atoms in total. The Kier molecular flexibility index (Phi) is 1.81. The van der Waals surface area contributed by atoms with Crippen LogP contribution in [0.2, 0.25) is 0 Å². The number of H-pyrrole nitrogens is 1. The molecular formula is C8H7N3O3. The Labute approximate surface area is 78.7 Å². The predicted octanol–water partition coefficient (Wildman–Crippen LogP) is 1.48. The summed E-state index contributed by atoms with van der Waals surface area (Å²) in [6.07, 6.45) is 1.41. The van der Waals surface area contributed by atoms with Crippen molar-refractivity contribution in [3.63, 3.8) is 0 Å². The van der Waals surface area contributed by atoms with Gasteiger partial charge in [0.05, 0.1) is 29.9 Å². The number of ether oxygens (including phenoxy) is 1. The fraction of sp³-hybridized carbons (Fsp3) is 0.125. The summed E-state index contributed by atoms with van der Waals surface area (Å²) in [4.78, 5) is 16.9. The van der Waals surface area contributed by atoms with Crippen LogP contribution in [0.1, 0.15) is 0 Å². The van der Waals surface area contributed by atoms with Crippen molar-refractivity contribution < 1.29 is 9.66 Å². The average molecular weight is 193 g/mol. The molecule has 0 radical (unpaired) electrons. The summed E-state index contributed by atoms with van der Waals surface area (Å²) in [6, 6.07) is 3.01. The highest BCUT2D eigenvalue weighted by Gasteiger charge is 2.15.